The molecule has 1 aliphatic rings. The van der Waals surface area contributed by atoms with E-state index in [0.29, 0.717) is 43.9 Å². The number of hydrogen-bond acceptors (Lipinski definition) is 5. The summed E-state index contributed by atoms with van der Waals surface area (Å²) < 4.78 is 26.7. The Bertz CT molecular complexity index is 980. The van der Waals surface area contributed by atoms with Crippen LogP contribution in [0.1, 0.15) is 25.0 Å². The maximum atomic E-state index is 13.9. The van der Waals surface area contributed by atoms with Gasteiger partial charge in [0.05, 0.1) is 16.0 Å². The zero-order valence-electron chi connectivity index (χ0n) is 15.9. The summed E-state index contributed by atoms with van der Waals surface area (Å²) in [6.45, 7) is 4.80. The number of rotatable bonds is 7. The van der Waals surface area contributed by atoms with E-state index in [0.717, 1.165) is 5.56 Å². The normalized spacial score (nSPS) is 15.3. The molecule has 0 radical (unpaired) electrons. The number of ether oxygens (including phenoxy) is 2. The highest BCUT2D eigenvalue weighted by atomic mass is 79.9. The topological polar surface area (TPSA) is 38.8 Å². The molecule has 1 saturated heterocycles. The lowest BCUT2D eigenvalue weighted by atomic mass is 10.1. The first kappa shape index (κ1) is 21.8. The minimum atomic E-state index is -0.323. The lowest BCUT2D eigenvalue weighted by Gasteiger charge is -2.15. The monoisotopic (exact) mass is 495 g/mol. The molecule has 1 aliphatic heterocycles. The van der Waals surface area contributed by atoms with Crippen LogP contribution in [0.15, 0.2) is 45.8 Å². The molecule has 0 N–H and O–H groups in total. The molecule has 0 atom stereocenters. The van der Waals surface area contributed by atoms with E-state index in [1.54, 1.807) is 35.2 Å². The number of thiocarbonyl (C=S) groups is 1. The standard InChI is InChI=1S/C21H19BrFNO3S2/c1-3-24-20(25)18(29-21(24)28)11-13-9-15(22)19(17(10-13)26-4-2)27-12-14-7-5-6-8-16(14)23/h5-11H,3-4,12H2,1-2H3/b18-11-. The van der Waals surface area contributed by atoms with Crippen molar-refractivity contribution in [2.75, 3.05) is 13.2 Å². The van der Waals surface area contributed by atoms with E-state index in [1.807, 2.05) is 19.9 Å². The molecule has 8 heteroatoms. The second-order valence-electron chi connectivity index (χ2n) is 6.07. The average Bonchev–Trinajstić information content (AvgIpc) is 2.95. The minimum Gasteiger partial charge on any atom is -0.490 e. The number of carbonyl (C=O) groups is 1. The smallest absolute Gasteiger partial charge is 0.266 e. The molecular weight excluding hydrogens is 477 g/mol. The fourth-order valence-corrected chi connectivity index (χ4v) is 4.72. The Morgan fingerprint density at radius 2 is 2.00 bits per heavy atom. The van der Waals surface area contributed by atoms with Gasteiger partial charge in [0.1, 0.15) is 16.7 Å². The van der Waals surface area contributed by atoms with Gasteiger partial charge < -0.3 is 9.47 Å². The molecule has 2 aromatic carbocycles. The van der Waals surface area contributed by atoms with Crippen LogP contribution in [-0.2, 0) is 11.4 Å². The van der Waals surface area contributed by atoms with Crippen LogP contribution in [-0.4, -0.2) is 28.3 Å². The van der Waals surface area contributed by atoms with Gasteiger partial charge in [0, 0.05) is 12.1 Å². The molecule has 1 fully saturated rings. The lowest BCUT2D eigenvalue weighted by molar-refractivity contribution is -0.121. The molecule has 0 bridgehead atoms. The van der Waals surface area contributed by atoms with Crippen LogP contribution in [0.25, 0.3) is 6.08 Å². The first-order chi connectivity index (χ1) is 13.9. The molecule has 1 heterocycles. The van der Waals surface area contributed by atoms with E-state index in [1.165, 1.54) is 17.8 Å². The molecule has 0 spiro atoms. The van der Waals surface area contributed by atoms with Gasteiger partial charge in [-0.25, -0.2) is 4.39 Å². The third kappa shape index (κ3) is 4.99. The molecular formula is C21H19BrFNO3S2. The molecule has 29 heavy (non-hydrogen) atoms. The number of hydrogen-bond donors (Lipinski definition) is 0. The van der Waals surface area contributed by atoms with E-state index in [9.17, 15) is 9.18 Å². The van der Waals surface area contributed by atoms with Crippen LogP contribution in [0, 0.1) is 5.82 Å². The predicted molar refractivity (Wildman–Crippen MR) is 122 cm³/mol. The highest BCUT2D eigenvalue weighted by Gasteiger charge is 2.30. The zero-order valence-corrected chi connectivity index (χ0v) is 19.1. The largest absolute Gasteiger partial charge is 0.490 e. The summed E-state index contributed by atoms with van der Waals surface area (Å²) in [7, 11) is 0. The molecule has 0 aromatic heterocycles. The molecule has 0 aliphatic carbocycles. The highest BCUT2D eigenvalue weighted by Crippen LogP contribution is 2.39. The van der Waals surface area contributed by atoms with Crippen molar-refractivity contribution in [3.8, 4) is 11.5 Å². The number of carbonyl (C=O) groups excluding carboxylic acids is 1. The molecule has 3 rings (SSSR count). The first-order valence-corrected chi connectivity index (χ1v) is 11.0. The van der Waals surface area contributed by atoms with Crippen molar-refractivity contribution in [3.05, 3.63) is 62.7 Å². The maximum Gasteiger partial charge on any atom is 0.266 e. The Kier molecular flexibility index (Phi) is 7.32. The number of amides is 1. The van der Waals surface area contributed by atoms with Crippen molar-refractivity contribution in [2.45, 2.75) is 20.5 Å². The second kappa shape index (κ2) is 9.73. The third-order valence-corrected chi connectivity index (χ3v) is 6.12. The van der Waals surface area contributed by atoms with Crippen molar-refractivity contribution < 1.29 is 18.7 Å². The van der Waals surface area contributed by atoms with E-state index >= 15 is 0 Å². The van der Waals surface area contributed by atoms with Gasteiger partial charge in [-0.05, 0) is 59.6 Å². The van der Waals surface area contributed by atoms with Gasteiger partial charge in [0.15, 0.2) is 11.5 Å². The van der Waals surface area contributed by atoms with Gasteiger partial charge in [-0.3, -0.25) is 9.69 Å². The average molecular weight is 496 g/mol. The van der Waals surface area contributed by atoms with Gasteiger partial charge in [0.2, 0.25) is 0 Å². The predicted octanol–water partition coefficient (Wildman–Crippen LogP) is 5.79. The quantitative estimate of drug-likeness (QED) is 0.359. The second-order valence-corrected chi connectivity index (χ2v) is 8.60. The lowest BCUT2D eigenvalue weighted by Crippen LogP contribution is -2.27. The summed E-state index contributed by atoms with van der Waals surface area (Å²) in [6, 6.07) is 10.1. The summed E-state index contributed by atoms with van der Waals surface area (Å²) >= 11 is 10.0. The first-order valence-electron chi connectivity index (χ1n) is 9.02. The zero-order chi connectivity index (χ0) is 21.0. The number of thioether (sulfide) groups is 1. The number of likely N-dealkylation sites (N-methyl/N-ethyl adjacent to an activating group) is 1. The van der Waals surface area contributed by atoms with Gasteiger partial charge in [-0.1, -0.05) is 42.2 Å². The fraction of sp³-hybridized carbons (Fsp3) is 0.238. The fourth-order valence-electron chi connectivity index (χ4n) is 2.76. The van der Waals surface area contributed by atoms with Crippen LogP contribution in [0.5, 0.6) is 11.5 Å². The molecule has 152 valence electrons. The van der Waals surface area contributed by atoms with Crippen molar-refractivity contribution in [3.63, 3.8) is 0 Å². The Balaban J connectivity index is 1.89. The number of benzene rings is 2. The Labute approximate surface area is 187 Å². The van der Waals surface area contributed by atoms with E-state index in [-0.39, 0.29) is 18.3 Å². The summed E-state index contributed by atoms with van der Waals surface area (Å²) in [4.78, 5) is 14.6. The van der Waals surface area contributed by atoms with Crippen molar-refractivity contribution in [1.29, 1.82) is 0 Å². The van der Waals surface area contributed by atoms with Gasteiger partial charge in [-0.2, -0.15) is 0 Å². The van der Waals surface area contributed by atoms with Crippen LogP contribution >= 0.6 is 39.9 Å². The summed E-state index contributed by atoms with van der Waals surface area (Å²) in [6.07, 6.45) is 1.78. The van der Waals surface area contributed by atoms with Crippen molar-refractivity contribution in [2.24, 2.45) is 0 Å². The van der Waals surface area contributed by atoms with Crippen molar-refractivity contribution in [1.82, 2.24) is 4.90 Å². The minimum absolute atomic E-state index is 0.0693. The van der Waals surface area contributed by atoms with Crippen LogP contribution in [0.3, 0.4) is 0 Å². The van der Waals surface area contributed by atoms with Crippen molar-refractivity contribution >= 4 is 56.2 Å². The highest BCUT2D eigenvalue weighted by molar-refractivity contribution is 9.10. The third-order valence-electron chi connectivity index (χ3n) is 4.15. The van der Waals surface area contributed by atoms with E-state index in [4.69, 9.17) is 21.7 Å². The van der Waals surface area contributed by atoms with E-state index in [2.05, 4.69) is 15.9 Å². The summed E-state index contributed by atoms with van der Waals surface area (Å²) in [5.41, 5.74) is 1.23. The van der Waals surface area contributed by atoms with Gasteiger partial charge >= 0.3 is 0 Å². The molecule has 4 nitrogen and oxygen atoms in total. The Morgan fingerprint density at radius 3 is 2.66 bits per heavy atom. The van der Waals surface area contributed by atoms with Gasteiger partial charge in [-0.15, -0.1) is 0 Å². The Hall–Kier alpha value is -1.90. The number of halogens is 2. The molecule has 2 aromatic rings. The summed E-state index contributed by atoms with van der Waals surface area (Å²) in [5, 5.41) is 0. The van der Waals surface area contributed by atoms with Crippen LogP contribution in [0.4, 0.5) is 4.39 Å². The molecule has 0 saturated carbocycles. The summed E-state index contributed by atoms with van der Waals surface area (Å²) in [5.74, 6) is 0.566. The molecule has 1 amide bonds. The Morgan fingerprint density at radius 1 is 1.24 bits per heavy atom. The van der Waals surface area contributed by atoms with E-state index < -0.39 is 0 Å². The van der Waals surface area contributed by atoms with Crippen LogP contribution in [0.2, 0.25) is 0 Å². The maximum absolute atomic E-state index is 13.9. The van der Waals surface area contributed by atoms with Crippen LogP contribution < -0.4 is 9.47 Å². The van der Waals surface area contributed by atoms with Gasteiger partial charge in [0.25, 0.3) is 5.91 Å². The number of nitrogens with zero attached hydrogens (tertiary/aromatic N) is 1. The SMILES string of the molecule is CCOc1cc(/C=C2\SC(=S)N(CC)C2=O)cc(Br)c1OCc1ccccc1F. The molecule has 0 unspecified atom stereocenters.